The number of nitrogens with zero attached hydrogens (tertiary/aromatic N) is 3. The van der Waals surface area contributed by atoms with Crippen molar-refractivity contribution in [3.05, 3.63) is 80.9 Å². The summed E-state index contributed by atoms with van der Waals surface area (Å²) in [5.74, 6) is 6.63. The van der Waals surface area contributed by atoms with Gasteiger partial charge in [-0.15, -0.1) is 11.3 Å². The number of rotatable bonds is 3. The Morgan fingerprint density at radius 2 is 1.84 bits per heavy atom. The van der Waals surface area contributed by atoms with Crippen LogP contribution in [0, 0.1) is 40.4 Å². The largest absolute Gasteiger partial charge is 0.298 e. The third kappa shape index (κ3) is 5.88. The van der Waals surface area contributed by atoms with Crippen molar-refractivity contribution in [2.75, 3.05) is 4.90 Å². The van der Waals surface area contributed by atoms with Crippen LogP contribution in [0.2, 0.25) is 5.02 Å². The first-order chi connectivity index (χ1) is 17.7. The highest BCUT2D eigenvalue weighted by atomic mass is 35.5. The van der Waals surface area contributed by atoms with Gasteiger partial charge in [0.1, 0.15) is 28.4 Å². The van der Waals surface area contributed by atoms with Crippen LogP contribution < -0.4 is 4.90 Å². The molecule has 4 N–H and O–H groups in total. The van der Waals surface area contributed by atoms with Crippen LogP contribution in [0.4, 0.5) is 5.00 Å². The average molecular weight is 546 g/mol. The molecule has 0 spiro atoms. The number of halogens is 1. The molecule has 1 atom stereocenters. The van der Waals surface area contributed by atoms with Gasteiger partial charge < -0.3 is 0 Å². The van der Waals surface area contributed by atoms with Gasteiger partial charge in [-0.1, -0.05) is 41.6 Å². The molecule has 3 aromatic rings. The molecule has 3 heterocycles. The monoisotopic (exact) mass is 545 g/mol. The van der Waals surface area contributed by atoms with E-state index in [1.54, 1.807) is 37.1 Å². The van der Waals surface area contributed by atoms with Crippen molar-refractivity contribution in [3.63, 3.8) is 0 Å². The fraction of sp³-hybridized carbons (Fsp3) is 0.185. The lowest BCUT2D eigenvalue weighted by Crippen LogP contribution is -2.40. The van der Waals surface area contributed by atoms with Crippen molar-refractivity contribution >= 4 is 67.2 Å². The van der Waals surface area contributed by atoms with E-state index in [0.29, 0.717) is 26.5 Å². The fourth-order valence-corrected chi connectivity index (χ4v) is 5.82. The van der Waals surface area contributed by atoms with E-state index in [1.807, 2.05) is 37.3 Å². The number of pyridine rings is 1. The maximum Gasteiger partial charge on any atom is 0.132 e. The van der Waals surface area contributed by atoms with Crippen LogP contribution in [0.5, 0.6) is 0 Å². The Balaban J connectivity index is 1.92. The van der Waals surface area contributed by atoms with Crippen LogP contribution in [0.25, 0.3) is 0 Å². The lowest BCUT2D eigenvalue weighted by atomic mass is 9.99. The van der Waals surface area contributed by atoms with Crippen molar-refractivity contribution in [3.8, 4) is 11.8 Å². The molecule has 0 radical (unpaired) electrons. The number of fused-ring (bicyclic) bond motifs is 1. The van der Waals surface area contributed by atoms with Gasteiger partial charge in [-0.2, -0.15) is 0 Å². The zero-order chi connectivity index (χ0) is 26.7. The van der Waals surface area contributed by atoms with Gasteiger partial charge in [0.2, 0.25) is 0 Å². The minimum atomic E-state index is -0.701. The highest BCUT2D eigenvalue weighted by molar-refractivity contribution is 8.26. The Bertz CT molecular complexity index is 1500. The standard InChI is InChI=1S/C27H24ClN7S2/c1-15-22(12-11-20-6-4-5-13-33-20)37-27-24(15)25(18-7-9-19(28)10-8-18)34-21(14-23(31)36-17(3)30)26(32)35(27)16(2)29/h4-10,13,21,29-32H,14H2,1-3H3/t21-/m0/s1. The van der Waals surface area contributed by atoms with Crippen molar-refractivity contribution in [1.29, 1.82) is 21.6 Å². The number of benzene rings is 1. The smallest absolute Gasteiger partial charge is 0.132 e. The minimum Gasteiger partial charge on any atom is -0.298 e. The molecule has 0 bridgehead atoms. The van der Waals surface area contributed by atoms with Gasteiger partial charge in [0, 0.05) is 28.8 Å². The van der Waals surface area contributed by atoms with E-state index < -0.39 is 6.04 Å². The number of amidine groups is 2. The van der Waals surface area contributed by atoms with E-state index in [-0.39, 0.29) is 23.1 Å². The summed E-state index contributed by atoms with van der Waals surface area (Å²) in [6.07, 6.45) is 1.85. The maximum absolute atomic E-state index is 9.04. The number of hydrogen-bond acceptors (Lipinski definition) is 8. The van der Waals surface area contributed by atoms with Crippen molar-refractivity contribution in [2.24, 2.45) is 4.99 Å². The Morgan fingerprint density at radius 3 is 2.46 bits per heavy atom. The van der Waals surface area contributed by atoms with E-state index in [1.165, 1.54) is 11.3 Å². The summed E-state index contributed by atoms with van der Waals surface area (Å²) in [5.41, 5.74) is 3.84. The second-order valence-corrected chi connectivity index (χ2v) is 11.0. The Morgan fingerprint density at radius 1 is 1.11 bits per heavy atom. The van der Waals surface area contributed by atoms with Crippen LogP contribution in [0.15, 0.2) is 53.7 Å². The third-order valence-electron chi connectivity index (χ3n) is 5.49. The normalized spacial score (nSPS) is 14.7. The van der Waals surface area contributed by atoms with Crippen LogP contribution >= 0.6 is 34.7 Å². The summed E-state index contributed by atoms with van der Waals surface area (Å²) < 4.78 is 0. The third-order valence-corrected chi connectivity index (χ3v) is 7.65. The zero-order valence-corrected chi connectivity index (χ0v) is 22.8. The number of thioether (sulfide) groups is 1. The van der Waals surface area contributed by atoms with Crippen LogP contribution in [-0.4, -0.2) is 38.5 Å². The summed E-state index contributed by atoms with van der Waals surface area (Å²) in [6.45, 7) is 5.24. The number of aliphatic imine (C=N–C) groups is 1. The average Bonchev–Trinajstić information content (AvgIpc) is 3.10. The number of anilines is 1. The quantitative estimate of drug-likeness (QED) is 0.168. The van der Waals surface area contributed by atoms with Crippen LogP contribution in [-0.2, 0) is 0 Å². The predicted molar refractivity (Wildman–Crippen MR) is 157 cm³/mol. The molecule has 0 unspecified atom stereocenters. The van der Waals surface area contributed by atoms with E-state index in [9.17, 15) is 0 Å². The molecule has 0 amide bonds. The van der Waals surface area contributed by atoms with Gasteiger partial charge in [0.05, 0.1) is 20.7 Å². The molecule has 1 aromatic carbocycles. The second kappa shape index (κ2) is 11.2. The molecule has 4 rings (SSSR count). The van der Waals surface area contributed by atoms with Gasteiger partial charge in [0.15, 0.2) is 0 Å². The molecule has 0 aliphatic carbocycles. The van der Waals surface area contributed by atoms with Crippen LogP contribution in [0.1, 0.15) is 47.5 Å². The van der Waals surface area contributed by atoms with Gasteiger partial charge in [-0.05, 0) is 62.4 Å². The summed E-state index contributed by atoms with van der Waals surface area (Å²) >= 11 is 8.63. The SMILES string of the molecule is CC(=N)SC(=N)C[C@@H]1N=C(c2ccc(Cl)cc2)c2c(sc(C#Cc3ccccn3)c2C)N(C(C)=N)C1=N. The first-order valence-corrected chi connectivity index (χ1v) is 13.3. The number of hydrogen-bond donors (Lipinski definition) is 4. The fourth-order valence-electron chi connectivity index (χ4n) is 3.86. The lowest BCUT2D eigenvalue weighted by molar-refractivity contribution is 0.891. The molecular weight excluding hydrogens is 522 g/mol. The highest BCUT2D eigenvalue weighted by Gasteiger charge is 2.34. The summed E-state index contributed by atoms with van der Waals surface area (Å²) in [5, 5.41) is 35.5. The zero-order valence-electron chi connectivity index (χ0n) is 20.4. The second-order valence-electron chi connectivity index (χ2n) is 8.29. The van der Waals surface area contributed by atoms with E-state index in [2.05, 4.69) is 16.8 Å². The molecule has 37 heavy (non-hydrogen) atoms. The summed E-state index contributed by atoms with van der Waals surface area (Å²) in [7, 11) is 0. The van der Waals surface area contributed by atoms with E-state index >= 15 is 0 Å². The predicted octanol–water partition coefficient (Wildman–Crippen LogP) is 6.60. The summed E-state index contributed by atoms with van der Waals surface area (Å²) in [6, 6.07) is 12.2. The molecule has 7 nitrogen and oxygen atoms in total. The van der Waals surface area contributed by atoms with E-state index in [4.69, 9.17) is 38.2 Å². The first-order valence-electron chi connectivity index (χ1n) is 11.3. The number of nitrogens with one attached hydrogen (secondary N) is 4. The van der Waals surface area contributed by atoms with E-state index in [0.717, 1.165) is 33.3 Å². The first kappa shape index (κ1) is 26.5. The number of thiophene rings is 1. The summed E-state index contributed by atoms with van der Waals surface area (Å²) in [4.78, 5) is 11.7. The van der Waals surface area contributed by atoms with Gasteiger partial charge >= 0.3 is 0 Å². The Labute approximate surface area is 229 Å². The van der Waals surface area contributed by atoms with Gasteiger partial charge in [0.25, 0.3) is 0 Å². The van der Waals surface area contributed by atoms with Gasteiger partial charge in [-0.25, -0.2) is 4.98 Å². The minimum absolute atomic E-state index is 0.108. The van der Waals surface area contributed by atoms with Crippen molar-refractivity contribution in [1.82, 2.24) is 4.98 Å². The Hall–Kier alpha value is -3.58. The van der Waals surface area contributed by atoms with Crippen LogP contribution in [0.3, 0.4) is 0 Å². The molecule has 10 heteroatoms. The molecule has 0 fully saturated rings. The molecular formula is C27H24ClN7S2. The van der Waals surface area contributed by atoms with Crippen molar-refractivity contribution < 1.29 is 0 Å². The highest BCUT2D eigenvalue weighted by Crippen LogP contribution is 2.40. The maximum atomic E-state index is 9.04. The van der Waals surface area contributed by atoms with Gasteiger partial charge in [-0.3, -0.25) is 31.5 Å². The lowest BCUT2D eigenvalue weighted by Gasteiger charge is -2.25. The molecule has 1 aliphatic heterocycles. The Kier molecular flexibility index (Phi) is 8.03. The molecule has 1 aliphatic rings. The molecule has 0 saturated carbocycles. The molecule has 186 valence electrons. The molecule has 2 aromatic heterocycles. The molecule has 0 saturated heterocycles. The topological polar surface area (TPSA) is 124 Å². The number of aromatic nitrogens is 1. The van der Waals surface area contributed by atoms with Crippen molar-refractivity contribution in [2.45, 2.75) is 33.2 Å².